The first kappa shape index (κ1) is 12.6. The van der Waals surface area contributed by atoms with Crippen molar-refractivity contribution in [1.29, 1.82) is 0 Å². The second-order valence-electron chi connectivity index (χ2n) is 4.50. The van der Waals surface area contributed by atoms with Crippen molar-refractivity contribution in [3.63, 3.8) is 0 Å². The summed E-state index contributed by atoms with van der Waals surface area (Å²) in [5, 5.41) is 9.12. The minimum atomic E-state index is -0.131. The number of aromatic nitrogens is 3. The summed E-state index contributed by atoms with van der Waals surface area (Å²) in [5.74, 6) is 0.755. The molecule has 1 aliphatic heterocycles. The van der Waals surface area contributed by atoms with Crippen molar-refractivity contribution in [2.75, 3.05) is 0 Å². The maximum atomic E-state index is 12.4. The van der Waals surface area contributed by atoms with E-state index in [1.54, 1.807) is 22.8 Å². The normalized spacial score (nSPS) is 14.2. The summed E-state index contributed by atoms with van der Waals surface area (Å²) < 4.78 is 1.69. The molecular formula is C13H11Cl2N3O. The Bertz CT molecular complexity index is 697. The van der Waals surface area contributed by atoms with Crippen LogP contribution in [-0.4, -0.2) is 14.8 Å². The first-order valence-electron chi connectivity index (χ1n) is 6.08. The molecule has 0 unspecified atom stereocenters. The van der Waals surface area contributed by atoms with Gasteiger partial charge >= 0.3 is 0 Å². The zero-order chi connectivity index (χ0) is 13.4. The van der Waals surface area contributed by atoms with Crippen LogP contribution in [-0.2, 0) is 13.0 Å². The lowest BCUT2D eigenvalue weighted by molar-refractivity contribution is 0.486. The van der Waals surface area contributed by atoms with Crippen LogP contribution in [0.2, 0.25) is 10.0 Å². The third-order valence-corrected chi connectivity index (χ3v) is 3.79. The van der Waals surface area contributed by atoms with E-state index in [2.05, 4.69) is 10.2 Å². The monoisotopic (exact) mass is 295 g/mol. The van der Waals surface area contributed by atoms with Gasteiger partial charge in [-0.1, -0.05) is 23.2 Å². The Kier molecular flexibility index (Phi) is 3.29. The van der Waals surface area contributed by atoms with Gasteiger partial charge in [-0.05, 0) is 31.0 Å². The maximum Gasteiger partial charge on any atom is 0.280 e. The van der Waals surface area contributed by atoms with Gasteiger partial charge in [0, 0.05) is 23.6 Å². The molecule has 1 aliphatic rings. The third-order valence-electron chi connectivity index (χ3n) is 3.24. The van der Waals surface area contributed by atoms with Crippen molar-refractivity contribution < 1.29 is 0 Å². The number of fused-ring (bicyclic) bond motifs is 1. The van der Waals surface area contributed by atoms with Gasteiger partial charge in [0.15, 0.2) is 5.69 Å². The van der Waals surface area contributed by atoms with Crippen molar-refractivity contribution in [3.05, 3.63) is 44.4 Å². The molecule has 0 atom stereocenters. The first-order valence-corrected chi connectivity index (χ1v) is 6.84. The lowest BCUT2D eigenvalue weighted by Crippen LogP contribution is -2.30. The Morgan fingerprint density at radius 3 is 2.79 bits per heavy atom. The van der Waals surface area contributed by atoms with Gasteiger partial charge in [0.05, 0.1) is 5.02 Å². The molecule has 19 heavy (non-hydrogen) atoms. The van der Waals surface area contributed by atoms with E-state index in [9.17, 15) is 4.79 Å². The van der Waals surface area contributed by atoms with Crippen LogP contribution in [0.5, 0.6) is 0 Å². The van der Waals surface area contributed by atoms with Crippen molar-refractivity contribution in [2.24, 2.45) is 0 Å². The van der Waals surface area contributed by atoms with Crippen LogP contribution < -0.4 is 5.56 Å². The van der Waals surface area contributed by atoms with Crippen molar-refractivity contribution in [2.45, 2.75) is 25.8 Å². The molecule has 98 valence electrons. The number of aryl methyl sites for hydroxylation is 1. The van der Waals surface area contributed by atoms with E-state index < -0.39 is 0 Å². The van der Waals surface area contributed by atoms with Crippen molar-refractivity contribution in [1.82, 2.24) is 14.8 Å². The predicted molar refractivity (Wildman–Crippen MR) is 74.7 cm³/mol. The quantitative estimate of drug-likeness (QED) is 0.813. The standard InChI is InChI=1S/C13H11Cl2N3O/c14-8-4-5-9(10(15)7-8)12-13(19)18-6-2-1-3-11(18)16-17-12/h4-5,7H,1-3,6H2. The highest BCUT2D eigenvalue weighted by molar-refractivity contribution is 6.36. The molecule has 0 saturated carbocycles. The van der Waals surface area contributed by atoms with Gasteiger partial charge in [-0.3, -0.25) is 9.36 Å². The molecule has 0 spiro atoms. The largest absolute Gasteiger partial charge is 0.293 e. The minimum Gasteiger partial charge on any atom is -0.293 e. The van der Waals surface area contributed by atoms with E-state index in [1.165, 1.54) is 0 Å². The molecule has 1 aromatic heterocycles. The molecule has 2 aromatic rings. The van der Waals surface area contributed by atoms with Crippen LogP contribution in [0.15, 0.2) is 23.0 Å². The number of benzene rings is 1. The molecule has 0 N–H and O–H groups in total. The predicted octanol–water partition coefficient (Wildman–Crippen LogP) is 2.95. The van der Waals surface area contributed by atoms with Gasteiger partial charge in [0.1, 0.15) is 5.82 Å². The number of rotatable bonds is 1. The van der Waals surface area contributed by atoms with E-state index >= 15 is 0 Å². The lowest BCUT2D eigenvalue weighted by atomic mass is 10.1. The second kappa shape index (κ2) is 4.94. The molecule has 2 heterocycles. The number of hydrogen-bond donors (Lipinski definition) is 0. The first-order chi connectivity index (χ1) is 9.16. The summed E-state index contributed by atoms with van der Waals surface area (Å²) in [4.78, 5) is 12.4. The average Bonchev–Trinajstić information content (AvgIpc) is 2.41. The molecule has 6 heteroatoms. The lowest BCUT2D eigenvalue weighted by Gasteiger charge is -2.17. The molecule has 0 amide bonds. The van der Waals surface area contributed by atoms with Crippen LogP contribution in [0, 0.1) is 0 Å². The molecule has 3 rings (SSSR count). The molecule has 0 radical (unpaired) electrons. The van der Waals surface area contributed by atoms with Gasteiger partial charge in [0.2, 0.25) is 0 Å². The molecule has 0 aliphatic carbocycles. The fourth-order valence-electron chi connectivity index (χ4n) is 2.27. The van der Waals surface area contributed by atoms with E-state index in [-0.39, 0.29) is 11.3 Å². The molecular weight excluding hydrogens is 285 g/mol. The number of halogens is 2. The third kappa shape index (κ3) is 2.26. The van der Waals surface area contributed by atoms with Crippen molar-refractivity contribution >= 4 is 23.2 Å². The second-order valence-corrected chi connectivity index (χ2v) is 5.35. The van der Waals surface area contributed by atoms with Crippen LogP contribution in [0.3, 0.4) is 0 Å². The minimum absolute atomic E-state index is 0.131. The summed E-state index contributed by atoms with van der Waals surface area (Å²) in [7, 11) is 0. The molecule has 0 saturated heterocycles. The van der Waals surface area contributed by atoms with Crippen LogP contribution in [0.1, 0.15) is 18.7 Å². The SMILES string of the molecule is O=c1c(-c2ccc(Cl)cc2Cl)nnc2n1CCCC2. The summed E-state index contributed by atoms with van der Waals surface area (Å²) in [5.41, 5.74) is 0.727. The van der Waals surface area contributed by atoms with Gasteiger partial charge in [0.25, 0.3) is 5.56 Å². The van der Waals surface area contributed by atoms with E-state index in [4.69, 9.17) is 23.2 Å². The fraction of sp³-hybridized carbons (Fsp3) is 0.308. The molecule has 0 fully saturated rings. The van der Waals surface area contributed by atoms with Crippen LogP contribution in [0.4, 0.5) is 0 Å². The highest BCUT2D eigenvalue weighted by Crippen LogP contribution is 2.27. The smallest absolute Gasteiger partial charge is 0.280 e. The van der Waals surface area contributed by atoms with Crippen molar-refractivity contribution in [3.8, 4) is 11.3 Å². The Morgan fingerprint density at radius 1 is 1.16 bits per heavy atom. The van der Waals surface area contributed by atoms with E-state index in [0.29, 0.717) is 22.2 Å². The van der Waals surface area contributed by atoms with Gasteiger partial charge < -0.3 is 0 Å². The Hall–Kier alpha value is -1.39. The topological polar surface area (TPSA) is 47.8 Å². The summed E-state index contributed by atoms with van der Waals surface area (Å²) >= 11 is 12.0. The Balaban J connectivity index is 2.18. The Labute approximate surface area is 120 Å². The van der Waals surface area contributed by atoms with E-state index in [0.717, 1.165) is 25.1 Å². The highest BCUT2D eigenvalue weighted by atomic mass is 35.5. The molecule has 4 nitrogen and oxygen atoms in total. The maximum absolute atomic E-state index is 12.4. The van der Waals surface area contributed by atoms with Crippen LogP contribution >= 0.6 is 23.2 Å². The Morgan fingerprint density at radius 2 is 2.00 bits per heavy atom. The summed E-state index contributed by atoms with van der Waals surface area (Å²) in [6.07, 6.45) is 2.85. The zero-order valence-corrected chi connectivity index (χ0v) is 11.6. The summed E-state index contributed by atoms with van der Waals surface area (Å²) in [6, 6.07) is 4.99. The fourth-order valence-corrected chi connectivity index (χ4v) is 2.77. The number of hydrogen-bond acceptors (Lipinski definition) is 3. The van der Waals surface area contributed by atoms with Gasteiger partial charge in [-0.25, -0.2) is 0 Å². The molecule has 0 bridgehead atoms. The zero-order valence-electron chi connectivity index (χ0n) is 10.1. The summed E-state index contributed by atoms with van der Waals surface area (Å²) in [6.45, 7) is 0.696. The molecule has 1 aromatic carbocycles. The van der Waals surface area contributed by atoms with E-state index in [1.807, 2.05) is 0 Å². The van der Waals surface area contributed by atoms with Gasteiger partial charge in [-0.15, -0.1) is 10.2 Å². The van der Waals surface area contributed by atoms with Gasteiger partial charge in [-0.2, -0.15) is 0 Å². The average molecular weight is 296 g/mol. The number of nitrogens with zero attached hydrogens (tertiary/aromatic N) is 3. The highest BCUT2D eigenvalue weighted by Gasteiger charge is 2.18. The van der Waals surface area contributed by atoms with Crippen LogP contribution in [0.25, 0.3) is 11.3 Å².